The number of carbonyl (C=O) groups is 1. The van der Waals surface area contributed by atoms with Crippen LogP contribution in [-0.4, -0.2) is 34.0 Å². The summed E-state index contributed by atoms with van der Waals surface area (Å²) in [6.45, 7) is 0. The van der Waals surface area contributed by atoms with E-state index < -0.39 is 0 Å². The molecule has 0 heterocycles. The van der Waals surface area contributed by atoms with E-state index >= 15 is 0 Å². The molecule has 0 atom stereocenters. The normalized spacial score (nSPS) is 16.9. The van der Waals surface area contributed by atoms with Gasteiger partial charge in [-0.15, -0.1) is 0 Å². The van der Waals surface area contributed by atoms with E-state index in [0.717, 1.165) is 40.1 Å². The number of ketones is 1. The van der Waals surface area contributed by atoms with Crippen LogP contribution in [0.15, 0.2) is 59.7 Å². The SMILES string of the molecule is CN(C)c1ccc(/C=C2\C/C(=C\c3ccc(N(C)C)cc3)C2=O)cc1. The van der Waals surface area contributed by atoms with Crippen molar-refractivity contribution < 1.29 is 4.79 Å². The maximum Gasteiger partial charge on any atom is 0.185 e. The molecule has 0 radical (unpaired) electrons. The predicted molar refractivity (Wildman–Crippen MR) is 107 cm³/mol. The summed E-state index contributed by atoms with van der Waals surface area (Å²) in [5.74, 6) is 0.161. The monoisotopic (exact) mass is 332 g/mol. The second-order valence-corrected chi connectivity index (χ2v) is 6.82. The molecule has 3 rings (SSSR count). The van der Waals surface area contributed by atoms with Crippen molar-refractivity contribution >= 4 is 29.3 Å². The third kappa shape index (κ3) is 3.82. The van der Waals surface area contributed by atoms with Crippen molar-refractivity contribution in [3.05, 3.63) is 70.8 Å². The maximum absolute atomic E-state index is 12.4. The molecular formula is C22H24N2O. The van der Waals surface area contributed by atoms with Crippen LogP contribution in [0.3, 0.4) is 0 Å². The van der Waals surface area contributed by atoms with Crippen LogP contribution in [0.25, 0.3) is 12.2 Å². The Hall–Kier alpha value is -2.81. The van der Waals surface area contributed by atoms with E-state index in [1.165, 1.54) is 0 Å². The Bertz CT molecular complexity index is 756. The quantitative estimate of drug-likeness (QED) is 0.782. The van der Waals surface area contributed by atoms with Crippen molar-refractivity contribution in [2.24, 2.45) is 0 Å². The molecule has 128 valence electrons. The first-order valence-corrected chi connectivity index (χ1v) is 8.44. The van der Waals surface area contributed by atoms with Gasteiger partial charge >= 0.3 is 0 Å². The predicted octanol–water partition coefficient (Wildman–Crippen LogP) is 4.26. The molecular weight excluding hydrogens is 308 g/mol. The second-order valence-electron chi connectivity index (χ2n) is 6.82. The third-order valence-corrected chi connectivity index (χ3v) is 4.46. The lowest BCUT2D eigenvalue weighted by Crippen LogP contribution is -2.18. The van der Waals surface area contributed by atoms with Crippen molar-refractivity contribution in [1.82, 2.24) is 0 Å². The Morgan fingerprint density at radius 3 is 1.32 bits per heavy atom. The van der Waals surface area contributed by atoms with Gasteiger partial charge in [-0.3, -0.25) is 4.79 Å². The molecule has 1 saturated carbocycles. The molecule has 0 aliphatic heterocycles. The van der Waals surface area contributed by atoms with Gasteiger partial charge in [-0.05, 0) is 47.5 Å². The number of rotatable bonds is 4. The molecule has 3 nitrogen and oxygen atoms in total. The van der Waals surface area contributed by atoms with Gasteiger partial charge < -0.3 is 9.80 Å². The van der Waals surface area contributed by atoms with Crippen LogP contribution in [-0.2, 0) is 4.79 Å². The fourth-order valence-electron chi connectivity index (χ4n) is 2.84. The van der Waals surface area contributed by atoms with Gasteiger partial charge in [0.05, 0.1) is 0 Å². The van der Waals surface area contributed by atoms with Gasteiger partial charge in [-0.25, -0.2) is 0 Å². The molecule has 25 heavy (non-hydrogen) atoms. The summed E-state index contributed by atoms with van der Waals surface area (Å²) in [5.41, 5.74) is 6.22. The average Bonchev–Trinajstić information content (AvgIpc) is 2.61. The lowest BCUT2D eigenvalue weighted by Gasteiger charge is -2.20. The van der Waals surface area contributed by atoms with Crippen molar-refractivity contribution in [3.63, 3.8) is 0 Å². The van der Waals surface area contributed by atoms with Gasteiger partial charge in [-0.2, -0.15) is 0 Å². The molecule has 1 aliphatic carbocycles. The topological polar surface area (TPSA) is 23.6 Å². The smallest absolute Gasteiger partial charge is 0.185 e. The number of Topliss-reactive ketones (excluding diaryl/α,β-unsaturated/α-hetero) is 1. The Balaban J connectivity index is 1.70. The lowest BCUT2D eigenvalue weighted by molar-refractivity contribution is -0.114. The zero-order valence-electron chi connectivity index (χ0n) is 15.3. The van der Waals surface area contributed by atoms with Gasteiger partial charge in [0.25, 0.3) is 0 Å². The molecule has 0 aromatic heterocycles. The fraction of sp³-hybridized carbons (Fsp3) is 0.227. The van der Waals surface area contributed by atoms with E-state index in [4.69, 9.17) is 0 Å². The summed E-state index contributed by atoms with van der Waals surface area (Å²) in [5, 5.41) is 0. The Morgan fingerprint density at radius 1 is 0.680 bits per heavy atom. The minimum absolute atomic E-state index is 0.161. The minimum Gasteiger partial charge on any atom is -0.378 e. The number of hydrogen-bond acceptors (Lipinski definition) is 3. The lowest BCUT2D eigenvalue weighted by atomic mass is 9.82. The molecule has 0 N–H and O–H groups in total. The maximum atomic E-state index is 12.4. The molecule has 0 spiro atoms. The van der Waals surface area contributed by atoms with Crippen LogP contribution in [0.2, 0.25) is 0 Å². The Morgan fingerprint density at radius 2 is 1.04 bits per heavy atom. The summed E-state index contributed by atoms with van der Waals surface area (Å²) in [4.78, 5) is 16.5. The van der Waals surface area contributed by atoms with Crippen molar-refractivity contribution in [2.45, 2.75) is 6.42 Å². The van der Waals surface area contributed by atoms with Crippen LogP contribution in [0, 0.1) is 0 Å². The molecule has 1 aliphatic rings. The third-order valence-electron chi connectivity index (χ3n) is 4.46. The summed E-state index contributed by atoms with van der Waals surface area (Å²) >= 11 is 0. The summed E-state index contributed by atoms with van der Waals surface area (Å²) in [6, 6.07) is 16.5. The average molecular weight is 332 g/mol. The largest absolute Gasteiger partial charge is 0.378 e. The number of benzene rings is 2. The first-order chi connectivity index (χ1) is 11.9. The van der Waals surface area contributed by atoms with Crippen molar-refractivity contribution in [2.75, 3.05) is 38.0 Å². The molecule has 0 bridgehead atoms. The second kappa shape index (κ2) is 6.98. The molecule has 0 unspecified atom stereocenters. The van der Waals surface area contributed by atoms with Gasteiger partial charge in [-0.1, -0.05) is 24.3 Å². The Kier molecular flexibility index (Phi) is 4.75. The molecule has 0 amide bonds. The van der Waals surface area contributed by atoms with E-state index in [0.29, 0.717) is 0 Å². The summed E-state index contributed by atoms with van der Waals surface area (Å²) in [6.07, 6.45) is 4.73. The number of carbonyl (C=O) groups excluding carboxylic acids is 1. The van der Waals surface area contributed by atoms with Gasteiger partial charge in [0.15, 0.2) is 5.78 Å². The fourth-order valence-corrected chi connectivity index (χ4v) is 2.84. The number of anilines is 2. The first kappa shape index (κ1) is 17.0. The van der Waals surface area contributed by atoms with E-state index in [1.807, 2.05) is 40.3 Å². The summed E-state index contributed by atoms with van der Waals surface area (Å²) < 4.78 is 0. The highest BCUT2D eigenvalue weighted by molar-refractivity contribution is 6.20. The zero-order chi connectivity index (χ0) is 18.0. The van der Waals surface area contributed by atoms with E-state index in [-0.39, 0.29) is 5.78 Å². The van der Waals surface area contributed by atoms with E-state index in [2.05, 4.69) is 58.3 Å². The van der Waals surface area contributed by atoms with Crippen LogP contribution in [0.4, 0.5) is 11.4 Å². The van der Waals surface area contributed by atoms with Crippen LogP contribution in [0.5, 0.6) is 0 Å². The van der Waals surface area contributed by atoms with Gasteiger partial charge in [0.1, 0.15) is 0 Å². The highest BCUT2D eigenvalue weighted by Gasteiger charge is 2.26. The van der Waals surface area contributed by atoms with Gasteiger partial charge in [0.2, 0.25) is 0 Å². The van der Waals surface area contributed by atoms with Crippen molar-refractivity contribution in [1.29, 1.82) is 0 Å². The minimum atomic E-state index is 0.161. The number of nitrogens with zero attached hydrogens (tertiary/aromatic N) is 2. The van der Waals surface area contributed by atoms with Crippen LogP contribution in [0.1, 0.15) is 17.5 Å². The molecule has 3 heteroatoms. The van der Waals surface area contributed by atoms with Crippen molar-refractivity contribution in [3.8, 4) is 0 Å². The number of hydrogen-bond donors (Lipinski definition) is 0. The molecule has 2 aromatic carbocycles. The van der Waals surface area contributed by atoms with Crippen LogP contribution < -0.4 is 9.80 Å². The zero-order valence-corrected chi connectivity index (χ0v) is 15.3. The highest BCUT2D eigenvalue weighted by Crippen LogP contribution is 2.32. The van der Waals surface area contributed by atoms with Crippen LogP contribution >= 0.6 is 0 Å². The van der Waals surface area contributed by atoms with E-state index in [1.54, 1.807) is 0 Å². The first-order valence-electron chi connectivity index (χ1n) is 8.44. The molecule has 1 fully saturated rings. The molecule has 0 saturated heterocycles. The Labute approximate surface area is 149 Å². The van der Waals surface area contributed by atoms with E-state index in [9.17, 15) is 4.79 Å². The highest BCUT2D eigenvalue weighted by atomic mass is 16.1. The standard InChI is InChI=1S/C22H24N2O/c1-23(2)20-9-5-16(6-10-20)13-18-15-19(22(18)25)14-17-7-11-21(12-8-17)24(3)4/h5-14H,15H2,1-4H3/b18-13+,19-14+. The molecule has 2 aromatic rings. The number of allylic oxidation sites excluding steroid dienone is 2. The van der Waals surface area contributed by atoms with Gasteiger partial charge in [0, 0.05) is 57.1 Å². The summed E-state index contributed by atoms with van der Waals surface area (Å²) in [7, 11) is 8.08.